The Hall–Kier alpha value is -2.19. The van der Waals surface area contributed by atoms with Crippen molar-refractivity contribution < 1.29 is 14.7 Å². The molecule has 6 nitrogen and oxygen atoms in total. The molecule has 1 atom stereocenters. The van der Waals surface area contributed by atoms with Gasteiger partial charge in [-0.05, 0) is 17.7 Å². The van der Waals surface area contributed by atoms with Crippen LogP contribution < -0.4 is 10.5 Å². The number of fused-ring (bicyclic) bond motifs is 1. The normalized spacial score (nSPS) is 16.2. The Kier molecular flexibility index (Phi) is 6.61. The fourth-order valence-corrected chi connectivity index (χ4v) is 4.52. The average Bonchev–Trinajstić information content (AvgIpc) is 2.76. The second-order valence-electron chi connectivity index (χ2n) is 7.32. The van der Waals surface area contributed by atoms with Gasteiger partial charge in [0.1, 0.15) is 25.7 Å². The number of para-hydroxylation sites is 1. The van der Waals surface area contributed by atoms with Gasteiger partial charge in [0, 0.05) is 5.75 Å². The van der Waals surface area contributed by atoms with Crippen molar-refractivity contribution in [1.29, 1.82) is 0 Å². The molecule has 1 aliphatic rings. The molecule has 0 bridgehead atoms. The number of hydrogen-bond acceptors (Lipinski definition) is 5. The molecule has 2 N–H and O–H groups in total. The van der Waals surface area contributed by atoms with E-state index in [-0.39, 0.29) is 5.56 Å². The molecular formula is C22H26N3O3S+. The van der Waals surface area contributed by atoms with Crippen LogP contribution in [0.25, 0.3) is 10.9 Å². The SMILES string of the molecule is O=c1c2ccccc2nc(SC[C@H](O)C[NH+]2CCOCC2)n1Cc1ccccc1. The third-order valence-electron chi connectivity index (χ3n) is 5.14. The smallest absolute Gasteiger partial charge is 0.262 e. The lowest BCUT2D eigenvalue weighted by molar-refractivity contribution is -0.910. The molecule has 2 aromatic carbocycles. The minimum absolute atomic E-state index is 0.0461. The Morgan fingerprint density at radius 2 is 1.83 bits per heavy atom. The molecular weight excluding hydrogens is 386 g/mol. The number of quaternary nitrogens is 1. The molecule has 7 heteroatoms. The number of thioether (sulfide) groups is 1. The molecule has 3 aromatic rings. The number of nitrogens with zero attached hydrogens (tertiary/aromatic N) is 2. The van der Waals surface area contributed by atoms with Crippen molar-refractivity contribution >= 4 is 22.7 Å². The second kappa shape index (κ2) is 9.54. The number of aliphatic hydroxyl groups excluding tert-OH is 1. The van der Waals surface area contributed by atoms with Gasteiger partial charge in [-0.1, -0.05) is 54.2 Å². The van der Waals surface area contributed by atoms with Crippen LogP contribution in [0.5, 0.6) is 0 Å². The fourth-order valence-electron chi connectivity index (χ4n) is 3.59. The lowest BCUT2D eigenvalue weighted by Crippen LogP contribution is -3.15. The molecule has 0 radical (unpaired) electrons. The minimum Gasteiger partial charge on any atom is -0.386 e. The van der Waals surface area contributed by atoms with Gasteiger partial charge in [0.15, 0.2) is 5.16 Å². The summed E-state index contributed by atoms with van der Waals surface area (Å²) in [5, 5.41) is 11.8. The maximum absolute atomic E-state index is 13.1. The largest absolute Gasteiger partial charge is 0.386 e. The van der Waals surface area contributed by atoms with Gasteiger partial charge in [0.25, 0.3) is 5.56 Å². The second-order valence-corrected chi connectivity index (χ2v) is 8.31. The van der Waals surface area contributed by atoms with E-state index in [1.807, 2.05) is 54.6 Å². The van der Waals surface area contributed by atoms with Crippen molar-refractivity contribution in [2.75, 3.05) is 38.6 Å². The highest BCUT2D eigenvalue weighted by molar-refractivity contribution is 7.99. The highest BCUT2D eigenvalue weighted by Gasteiger charge is 2.20. The fraction of sp³-hybridized carbons (Fsp3) is 0.364. The van der Waals surface area contributed by atoms with Gasteiger partial charge in [-0.15, -0.1) is 0 Å². The van der Waals surface area contributed by atoms with Gasteiger partial charge >= 0.3 is 0 Å². The Labute approximate surface area is 174 Å². The molecule has 0 amide bonds. The first-order valence-corrected chi connectivity index (χ1v) is 10.9. The van der Waals surface area contributed by atoms with E-state index in [1.54, 1.807) is 4.57 Å². The molecule has 2 heterocycles. The van der Waals surface area contributed by atoms with E-state index in [2.05, 4.69) is 0 Å². The van der Waals surface area contributed by atoms with Gasteiger partial charge in [0.05, 0.1) is 30.7 Å². The van der Waals surface area contributed by atoms with Crippen molar-refractivity contribution in [2.24, 2.45) is 0 Å². The van der Waals surface area contributed by atoms with Crippen molar-refractivity contribution in [3.8, 4) is 0 Å². The van der Waals surface area contributed by atoms with E-state index < -0.39 is 6.10 Å². The molecule has 1 aliphatic heterocycles. The number of benzene rings is 2. The summed E-state index contributed by atoms with van der Waals surface area (Å²) in [6.07, 6.45) is -0.457. The topological polar surface area (TPSA) is 68.8 Å². The van der Waals surface area contributed by atoms with E-state index in [0.29, 0.717) is 34.9 Å². The predicted octanol–water partition coefficient (Wildman–Crippen LogP) is 0.813. The molecule has 0 unspecified atom stereocenters. The summed E-state index contributed by atoms with van der Waals surface area (Å²) in [6, 6.07) is 17.3. The standard InChI is InChI=1S/C22H25N3O3S/c26-18(15-24-10-12-28-13-11-24)16-29-22-23-20-9-5-4-8-19(20)21(27)25(22)14-17-6-2-1-3-7-17/h1-9,18,26H,10-16H2/p+1/t18-/m1/s1. The van der Waals surface area contributed by atoms with Crippen LogP contribution >= 0.6 is 11.8 Å². The van der Waals surface area contributed by atoms with Crippen molar-refractivity contribution in [1.82, 2.24) is 9.55 Å². The molecule has 1 saturated heterocycles. The number of morpholine rings is 1. The van der Waals surface area contributed by atoms with E-state index >= 15 is 0 Å². The molecule has 4 rings (SSSR count). The summed E-state index contributed by atoms with van der Waals surface area (Å²) in [7, 11) is 0. The van der Waals surface area contributed by atoms with Crippen LogP contribution in [0.1, 0.15) is 5.56 Å². The number of aliphatic hydroxyl groups is 1. The van der Waals surface area contributed by atoms with Crippen LogP contribution in [0.4, 0.5) is 0 Å². The number of rotatable bonds is 7. The molecule has 1 aromatic heterocycles. The zero-order valence-electron chi connectivity index (χ0n) is 16.3. The van der Waals surface area contributed by atoms with Gasteiger partial charge in [0.2, 0.25) is 0 Å². The number of nitrogens with one attached hydrogen (secondary N) is 1. The molecule has 0 aliphatic carbocycles. The van der Waals surface area contributed by atoms with E-state index in [0.717, 1.165) is 31.9 Å². The summed E-state index contributed by atoms with van der Waals surface area (Å²) in [5.74, 6) is 0.504. The Bertz CT molecular complexity index is 1000. The Balaban J connectivity index is 1.56. The summed E-state index contributed by atoms with van der Waals surface area (Å²) >= 11 is 1.45. The third-order valence-corrected chi connectivity index (χ3v) is 6.26. The number of aromatic nitrogens is 2. The first kappa shape index (κ1) is 20.1. The predicted molar refractivity (Wildman–Crippen MR) is 115 cm³/mol. The Morgan fingerprint density at radius 1 is 1.10 bits per heavy atom. The van der Waals surface area contributed by atoms with Crippen LogP contribution in [0.2, 0.25) is 0 Å². The van der Waals surface area contributed by atoms with Gasteiger partial charge in [-0.25, -0.2) is 4.98 Å². The number of hydrogen-bond donors (Lipinski definition) is 2. The summed E-state index contributed by atoms with van der Waals surface area (Å²) in [5.41, 5.74) is 1.69. The van der Waals surface area contributed by atoms with Gasteiger partial charge in [-0.2, -0.15) is 0 Å². The maximum atomic E-state index is 13.1. The van der Waals surface area contributed by atoms with Crippen molar-refractivity contribution in [3.05, 3.63) is 70.5 Å². The highest BCUT2D eigenvalue weighted by atomic mass is 32.2. The summed E-state index contributed by atoms with van der Waals surface area (Å²) in [6.45, 7) is 4.50. The maximum Gasteiger partial charge on any atom is 0.262 e. The summed E-state index contributed by atoms with van der Waals surface area (Å²) in [4.78, 5) is 19.2. The quantitative estimate of drug-likeness (QED) is 0.444. The summed E-state index contributed by atoms with van der Waals surface area (Å²) < 4.78 is 7.10. The zero-order chi connectivity index (χ0) is 20.1. The Morgan fingerprint density at radius 3 is 2.62 bits per heavy atom. The monoisotopic (exact) mass is 412 g/mol. The minimum atomic E-state index is -0.457. The van der Waals surface area contributed by atoms with E-state index in [9.17, 15) is 9.90 Å². The average molecular weight is 413 g/mol. The zero-order valence-corrected chi connectivity index (χ0v) is 17.1. The van der Waals surface area contributed by atoms with E-state index in [4.69, 9.17) is 9.72 Å². The van der Waals surface area contributed by atoms with Crippen LogP contribution in [0.15, 0.2) is 64.5 Å². The first-order valence-electron chi connectivity index (χ1n) is 9.96. The van der Waals surface area contributed by atoms with Gasteiger partial charge < -0.3 is 14.7 Å². The van der Waals surface area contributed by atoms with Crippen molar-refractivity contribution in [2.45, 2.75) is 17.8 Å². The lowest BCUT2D eigenvalue weighted by atomic mass is 10.2. The number of ether oxygens (including phenoxy) is 1. The third kappa shape index (κ3) is 5.05. The highest BCUT2D eigenvalue weighted by Crippen LogP contribution is 2.19. The van der Waals surface area contributed by atoms with Crippen molar-refractivity contribution in [3.63, 3.8) is 0 Å². The molecule has 1 fully saturated rings. The van der Waals surface area contributed by atoms with E-state index in [1.165, 1.54) is 16.7 Å². The first-order chi connectivity index (χ1) is 14.2. The molecule has 0 saturated carbocycles. The van der Waals surface area contributed by atoms with Crippen LogP contribution in [0.3, 0.4) is 0 Å². The van der Waals surface area contributed by atoms with Crippen LogP contribution in [-0.2, 0) is 11.3 Å². The lowest BCUT2D eigenvalue weighted by Gasteiger charge is -2.25. The molecule has 29 heavy (non-hydrogen) atoms. The van der Waals surface area contributed by atoms with Crippen LogP contribution in [-0.4, -0.2) is 59.4 Å². The van der Waals surface area contributed by atoms with Gasteiger partial charge in [-0.3, -0.25) is 9.36 Å². The molecule has 152 valence electrons. The molecule has 0 spiro atoms. The van der Waals surface area contributed by atoms with Crippen LogP contribution in [0, 0.1) is 0 Å².